The van der Waals surface area contributed by atoms with Crippen LogP contribution in [0, 0.1) is 5.41 Å². The fraction of sp³-hybridized carbons (Fsp3) is 0.778. The van der Waals surface area contributed by atoms with Crippen LogP contribution in [0.1, 0.15) is 26.2 Å². The topological polar surface area (TPSA) is 56.2 Å². The van der Waals surface area contributed by atoms with Gasteiger partial charge in [-0.15, -0.1) is 0 Å². The predicted octanol–water partition coefficient (Wildman–Crippen LogP) is 0.586. The molecule has 0 bridgehead atoms. The van der Waals surface area contributed by atoms with Gasteiger partial charge < -0.3 is 10.2 Å². The Bertz CT molecular complexity index is 203. The van der Waals surface area contributed by atoms with Gasteiger partial charge in [0.05, 0.1) is 12.4 Å². The van der Waals surface area contributed by atoms with E-state index in [0.717, 1.165) is 25.8 Å². The van der Waals surface area contributed by atoms with Gasteiger partial charge in [0.2, 0.25) is 5.91 Å². The number of amidine groups is 1. The first kappa shape index (κ1) is 10.0. The number of nitrogens with zero attached hydrogens (tertiary/aromatic N) is 1. The van der Waals surface area contributed by atoms with E-state index in [1.807, 2.05) is 11.8 Å². The highest BCUT2D eigenvalue weighted by Crippen LogP contribution is 2.09. The van der Waals surface area contributed by atoms with Crippen LogP contribution in [0.3, 0.4) is 0 Å². The molecule has 0 unspecified atom stereocenters. The monoisotopic (exact) mass is 183 g/mol. The molecule has 0 aromatic heterocycles. The van der Waals surface area contributed by atoms with Gasteiger partial charge in [0.25, 0.3) is 0 Å². The summed E-state index contributed by atoms with van der Waals surface area (Å²) in [5.41, 5.74) is 0. The lowest BCUT2D eigenvalue weighted by molar-refractivity contribution is -0.121. The van der Waals surface area contributed by atoms with Gasteiger partial charge in [-0.1, -0.05) is 0 Å². The fourth-order valence-corrected chi connectivity index (χ4v) is 1.49. The standard InChI is InChI=1S/C9H17N3O/c1-2-11-9(13)7-12-6-4-3-5-8(12)10/h10H,2-7H2,1H3,(H,11,13). The third-order valence-electron chi connectivity index (χ3n) is 2.18. The van der Waals surface area contributed by atoms with Crippen LogP contribution < -0.4 is 5.32 Å². The number of amides is 1. The van der Waals surface area contributed by atoms with E-state index in [0.29, 0.717) is 18.9 Å². The summed E-state index contributed by atoms with van der Waals surface area (Å²) in [5.74, 6) is 0.631. The van der Waals surface area contributed by atoms with E-state index in [-0.39, 0.29) is 5.91 Å². The second-order valence-corrected chi connectivity index (χ2v) is 3.28. The molecular formula is C9H17N3O. The molecule has 0 radical (unpaired) electrons. The highest BCUT2D eigenvalue weighted by Gasteiger charge is 2.16. The zero-order chi connectivity index (χ0) is 9.68. The highest BCUT2D eigenvalue weighted by atomic mass is 16.2. The van der Waals surface area contributed by atoms with E-state index in [1.54, 1.807) is 0 Å². The smallest absolute Gasteiger partial charge is 0.239 e. The van der Waals surface area contributed by atoms with Crippen molar-refractivity contribution in [3.8, 4) is 0 Å². The van der Waals surface area contributed by atoms with Crippen molar-refractivity contribution < 1.29 is 4.79 Å². The van der Waals surface area contributed by atoms with Crippen molar-refractivity contribution in [3.05, 3.63) is 0 Å². The molecule has 0 aromatic rings. The van der Waals surface area contributed by atoms with E-state index in [9.17, 15) is 4.79 Å². The first-order chi connectivity index (χ1) is 6.24. The van der Waals surface area contributed by atoms with Gasteiger partial charge in [-0.25, -0.2) is 0 Å². The van der Waals surface area contributed by atoms with Crippen molar-refractivity contribution in [2.24, 2.45) is 0 Å². The van der Waals surface area contributed by atoms with Crippen LogP contribution in [0.4, 0.5) is 0 Å². The van der Waals surface area contributed by atoms with Crippen LogP contribution in [0.2, 0.25) is 0 Å². The number of rotatable bonds is 3. The molecule has 13 heavy (non-hydrogen) atoms. The molecule has 0 atom stereocenters. The molecule has 1 fully saturated rings. The summed E-state index contributed by atoms with van der Waals surface area (Å²) >= 11 is 0. The fourth-order valence-electron chi connectivity index (χ4n) is 1.49. The van der Waals surface area contributed by atoms with Crippen LogP contribution >= 0.6 is 0 Å². The van der Waals surface area contributed by atoms with Crippen molar-refractivity contribution in [1.29, 1.82) is 5.41 Å². The molecule has 2 N–H and O–H groups in total. The number of likely N-dealkylation sites (tertiary alicyclic amines) is 1. The molecule has 4 heteroatoms. The second kappa shape index (κ2) is 4.84. The quantitative estimate of drug-likeness (QED) is 0.672. The zero-order valence-electron chi connectivity index (χ0n) is 8.10. The van der Waals surface area contributed by atoms with E-state index in [2.05, 4.69) is 5.32 Å². The third-order valence-corrected chi connectivity index (χ3v) is 2.18. The van der Waals surface area contributed by atoms with Gasteiger partial charge in [0.1, 0.15) is 0 Å². The van der Waals surface area contributed by atoms with Gasteiger partial charge in [-0.05, 0) is 19.8 Å². The summed E-state index contributed by atoms with van der Waals surface area (Å²) in [5, 5.41) is 10.4. The molecule has 1 aliphatic rings. The molecule has 1 saturated heterocycles. The minimum Gasteiger partial charge on any atom is -0.355 e. The molecule has 0 saturated carbocycles. The van der Waals surface area contributed by atoms with Crippen LogP contribution in [0.5, 0.6) is 0 Å². The largest absolute Gasteiger partial charge is 0.355 e. The Kier molecular flexibility index (Phi) is 3.73. The van der Waals surface area contributed by atoms with Crippen LogP contribution in [-0.4, -0.2) is 36.3 Å². The zero-order valence-corrected chi connectivity index (χ0v) is 8.10. The Balaban J connectivity index is 2.33. The highest BCUT2D eigenvalue weighted by molar-refractivity contribution is 5.86. The number of nitrogens with one attached hydrogen (secondary N) is 2. The number of likely N-dealkylation sites (N-methyl/N-ethyl adjacent to an activating group) is 1. The summed E-state index contributed by atoms with van der Waals surface area (Å²) < 4.78 is 0. The summed E-state index contributed by atoms with van der Waals surface area (Å²) in [4.78, 5) is 13.1. The van der Waals surface area contributed by atoms with Crippen LogP contribution in [-0.2, 0) is 4.79 Å². The average molecular weight is 183 g/mol. The minimum absolute atomic E-state index is 0.0224. The second-order valence-electron chi connectivity index (χ2n) is 3.28. The first-order valence-corrected chi connectivity index (χ1v) is 4.83. The van der Waals surface area contributed by atoms with Crippen molar-refractivity contribution in [2.75, 3.05) is 19.6 Å². The number of carbonyl (C=O) groups is 1. The molecule has 1 amide bonds. The molecule has 0 aromatic carbocycles. The lowest BCUT2D eigenvalue weighted by atomic mass is 10.1. The Morgan fingerprint density at radius 1 is 1.62 bits per heavy atom. The maximum absolute atomic E-state index is 11.2. The van der Waals surface area contributed by atoms with E-state index >= 15 is 0 Å². The van der Waals surface area contributed by atoms with Crippen molar-refractivity contribution >= 4 is 11.7 Å². The lowest BCUT2D eigenvalue weighted by Gasteiger charge is -2.28. The summed E-state index contributed by atoms with van der Waals surface area (Å²) in [6.07, 6.45) is 3.01. The first-order valence-electron chi connectivity index (χ1n) is 4.83. The van der Waals surface area contributed by atoms with Gasteiger partial charge >= 0.3 is 0 Å². The Hall–Kier alpha value is -1.06. The Morgan fingerprint density at radius 2 is 2.38 bits per heavy atom. The summed E-state index contributed by atoms with van der Waals surface area (Å²) in [7, 11) is 0. The molecule has 1 aliphatic heterocycles. The molecule has 1 rings (SSSR count). The molecule has 0 spiro atoms. The van der Waals surface area contributed by atoms with Gasteiger partial charge in [-0.3, -0.25) is 10.2 Å². The molecule has 4 nitrogen and oxygen atoms in total. The van der Waals surface area contributed by atoms with E-state index in [4.69, 9.17) is 5.41 Å². The van der Waals surface area contributed by atoms with Gasteiger partial charge in [0, 0.05) is 19.5 Å². The minimum atomic E-state index is 0.0224. The van der Waals surface area contributed by atoms with E-state index in [1.165, 1.54) is 0 Å². The van der Waals surface area contributed by atoms with Crippen molar-refractivity contribution in [2.45, 2.75) is 26.2 Å². The molecular weight excluding hydrogens is 166 g/mol. The number of carbonyl (C=O) groups excluding carboxylic acids is 1. The maximum Gasteiger partial charge on any atom is 0.239 e. The average Bonchev–Trinajstić information content (AvgIpc) is 2.09. The van der Waals surface area contributed by atoms with Crippen molar-refractivity contribution in [3.63, 3.8) is 0 Å². The summed E-state index contributed by atoms with van der Waals surface area (Å²) in [6, 6.07) is 0. The van der Waals surface area contributed by atoms with E-state index < -0.39 is 0 Å². The SMILES string of the molecule is CCNC(=O)CN1CCCCC1=N. The van der Waals surface area contributed by atoms with Crippen molar-refractivity contribution in [1.82, 2.24) is 10.2 Å². The Morgan fingerprint density at radius 3 is 3.00 bits per heavy atom. The third kappa shape index (κ3) is 3.05. The maximum atomic E-state index is 11.2. The number of hydrogen-bond acceptors (Lipinski definition) is 2. The molecule has 0 aliphatic carbocycles. The van der Waals surface area contributed by atoms with Crippen LogP contribution in [0.15, 0.2) is 0 Å². The lowest BCUT2D eigenvalue weighted by Crippen LogP contribution is -2.42. The number of piperidine rings is 1. The number of hydrogen-bond donors (Lipinski definition) is 2. The van der Waals surface area contributed by atoms with Crippen LogP contribution in [0.25, 0.3) is 0 Å². The van der Waals surface area contributed by atoms with Gasteiger partial charge in [0.15, 0.2) is 0 Å². The molecule has 1 heterocycles. The normalized spacial score (nSPS) is 17.3. The summed E-state index contributed by atoms with van der Waals surface area (Å²) in [6.45, 7) is 3.78. The molecule has 74 valence electrons. The predicted molar refractivity (Wildman–Crippen MR) is 51.8 cm³/mol. The Labute approximate surface area is 78.8 Å². The van der Waals surface area contributed by atoms with Gasteiger partial charge in [-0.2, -0.15) is 0 Å².